The molecule has 1 atom stereocenters. The SMILES string of the molecule is COC.O=C(O)C1CCCN1. The van der Waals surface area contributed by atoms with Crippen molar-refractivity contribution < 1.29 is 14.6 Å². The summed E-state index contributed by atoms with van der Waals surface area (Å²) in [6, 6.07) is -0.269. The van der Waals surface area contributed by atoms with Crippen LogP contribution in [0.15, 0.2) is 0 Å². The van der Waals surface area contributed by atoms with Crippen molar-refractivity contribution in [1.82, 2.24) is 5.32 Å². The fourth-order valence-corrected chi connectivity index (χ4v) is 0.895. The number of ether oxygens (including phenoxy) is 1. The smallest absolute Gasteiger partial charge is 0.320 e. The lowest BCUT2D eigenvalue weighted by Gasteiger charge is -1.99. The van der Waals surface area contributed by atoms with Crippen LogP contribution in [-0.2, 0) is 9.53 Å². The van der Waals surface area contributed by atoms with Crippen molar-refractivity contribution in [2.45, 2.75) is 18.9 Å². The Labute approximate surface area is 66.5 Å². The summed E-state index contributed by atoms with van der Waals surface area (Å²) in [6.07, 6.45) is 1.78. The van der Waals surface area contributed by atoms with Crippen LogP contribution in [0.1, 0.15) is 12.8 Å². The summed E-state index contributed by atoms with van der Waals surface area (Å²) in [5.41, 5.74) is 0. The van der Waals surface area contributed by atoms with E-state index in [1.54, 1.807) is 14.2 Å². The van der Waals surface area contributed by atoms with Gasteiger partial charge in [0.1, 0.15) is 6.04 Å². The predicted octanol–water partition coefficient (Wildman–Crippen LogP) is 0.0856. The Bertz CT molecular complexity index is 110. The molecule has 0 spiro atoms. The number of methoxy groups -OCH3 is 1. The second-order valence-electron chi connectivity index (χ2n) is 2.40. The molecule has 1 saturated heterocycles. The highest BCUT2D eigenvalue weighted by Gasteiger charge is 2.20. The molecular formula is C7H15NO3. The van der Waals surface area contributed by atoms with Gasteiger partial charge in [-0.05, 0) is 19.4 Å². The molecule has 4 nitrogen and oxygen atoms in total. The molecule has 1 aliphatic rings. The number of nitrogens with one attached hydrogen (secondary N) is 1. The zero-order chi connectivity index (χ0) is 8.69. The Morgan fingerprint density at radius 1 is 1.64 bits per heavy atom. The second kappa shape index (κ2) is 6.12. The molecule has 0 aromatic rings. The Hall–Kier alpha value is -0.610. The molecule has 1 heterocycles. The van der Waals surface area contributed by atoms with E-state index in [1.165, 1.54) is 0 Å². The highest BCUT2D eigenvalue weighted by atomic mass is 16.4. The molecule has 0 aliphatic carbocycles. The van der Waals surface area contributed by atoms with Gasteiger partial charge in [0.2, 0.25) is 0 Å². The first-order chi connectivity index (χ1) is 5.22. The Morgan fingerprint density at radius 2 is 2.18 bits per heavy atom. The lowest BCUT2D eigenvalue weighted by atomic mass is 10.2. The van der Waals surface area contributed by atoms with Gasteiger partial charge in [-0.25, -0.2) is 0 Å². The van der Waals surface area contributed by atoms with Crippen LogP contribution in [0, 0.1) is 0 Å². The Morgan fingerprint density at radius 3 is 2.36 bits per heavy atom. The summed E-state index contributed by atoms with van der Waals surface area (Å²) in [5, 5.41) is 11.2. The summed E-state index contributed by atoms with van der Waals surface area (Å²) < 4.78 is 4.25. The number of rotatable bonds is 1. The van der Waals surface area contributed by atoms with Gasteiger partial charge in [-0.1, -0.05) is 0 Å². The molecule has 66 valence electrons. The van der Waals surface area contributed by atoms with E-state index >= 15 is 0 Å². The first-order valence-electron chi connectivity index (χ1n) is 3.58. The van der Waals surface area contributed by atoms with Crippen molar-refractivity contribution in [1.29, 1.82) is 0 Å². The molecule has 0 amide bonds. The lowest BCUT2D eigenvalue weighted by molar-refractivity contribution is -0.139. The van der Waals surface area contributed by atoms with E-state index < -0.39 is 5.97 Å². The van der Waals surface area contributed by atoms with E-state index in [9.17, 15) is 4.79 Å². The van der Waals surface area contributed by atoms with Crippen molar-refractivity contribution in [2.75, 3.05) is 20.8 Å². The minimum atomic E-state index is -0.720. The lowest BCUT2D eigenvalue weighted by Crippen LogP contribution is -2.29. The van der Waals surface area contributed by atoms with E-state index in [-0.39, 0.29) is 6.04 Å². The summed E-state index contributed by atoms with van der Waals surface area (Å²) in [5.74, 6) is -0.720. The van der Waals surface area contributed by atoms with Gasteiger partial charge in [0.05, 0.1) is 0 Å². The number of hydrogen-bond acceptors (Lipinski definition) is 3. The summed E-state index contributed by atoms with van der Waals surface area (Å²) >= 11 is 0. The molecule has 1 fully saturated rings. The zero-order valence-electron chi connectivity index (χ0n) is 6.96. The van der Waals surface area contributed by atoms with Crippen LogP contribution in [0.3, 0.4) is 0 Å². The molecule has 0 aromatic carbocycles. The number of carbonyl (C=O) groups is 1. The summed E-state index contributed by atoms with van der Waals surface area (Å²) in [7, 11) is 3.25. The molecule has 0 radical (unpaired) electrons. The number of carboxylic acids is 1. The molecule has 4 heteroatoms. The molecular weight excluding hydrogens is 146 g/mol. The molecule has 11 heavy (non-hydrogen) atoms. The molecule has 2 N–H and O–H groups in total. The minimum Gasteiger partial charge on any atom is -0.480 e. The molecule has 0 bridgehead atoms. The topological polar surface area (TPSA) is 58.6 Å². The van der Waals surface area contributed by atoms with Gasteiger partial charge in [-0.3, -0.25) is 4.79 Å². The van der Waals surface area contributed by atoms with Gasteiger partial charge < -0.3 is 15.2 Å². The maximum atomic E-state index is 10.1. The molecule has 1 unspecified atom stereocenters. The van der Waals surface area contributed by atoms with E-state index in [1.807, 2.05) is 0 Å². The van der Waals surface area contributed by atoms with Crippen LogP contribution in [-0.4, -0.2) is 37.9 Å². The Kier molecular flexibility index (Phi) is 5.78. The van der Waals surface area contributed by atoms with Crippen molar-refractivity contribution in [3.8, 4) is 0 Å². The van der Waals surface area contributed by atoms with Crippen LogP contribution >= 0.6 is 0 Å². The van der Waals surface area contributed by atoms with Crippen LogP contribution in [0.25, 0.3) is 0 Å². The largest absolute Gasteiger partial charge is 0.480 e. The summed E-state index contributed by atoms with van der Waals surface area (Å²) in [4.78, 5) is 10.1. The van der Waals surface area contributed by atoms with Gasteiger partial charge in [0, 0.05) is 14.2 Å². The van der Waals surface area contributed by atoms with Gasteiger partial charge in [0.15, 0.2) is 0 Å². The third kappa shape index (κ3) is 4.75. The maximum Gasteiger partial charge on any atom is 0.320 e. The number of aliphatic carboxylic acids is 1. The van der Waals surface area contributed by atoms with E-state index in [2.05, 4.69) is 10.1 Å². The van der Waals surface area contributed by atoms with Crippen LogP contribution in [0.4, 0.5) is 0 Å². The zero-order valence-corrected chi connectivity index (χ0v) is 6.96. The fourth-order valence-electron chi connectivity index (χ4n) is 0.895. The van der Waals surface area contributed by atoms with Crippen LogP contribution in [0.5, 0.6) is 0 Å². The van der Waals surface area contributed by atoms with Gasteiger partial charge in [-0.2, -0.15) is 0 Å². The molecule has 0 saturated carbocycles. The van der Waals surface area contributed by atoms with Crippen molar-refractivity contribution >= 4 is 5.97 Å². The predicted molar refractivity (Wildman–Crippen MR) is 41.6 cm³/mol. The van der Waals surface area contributed by atoms with Crippen LogP contribution < -0.4 is 5.32 Å². The van der Waals surface area contributed by atoms with Crippen molar-refractivity contribution in [2.24, 2.45) is 0 Å². The average molecular weight is 161 g/mol. The third-order valence-electron chi connectivity index (χ3n) is 1.36. The number of carboxylic acid groups (broad SMARTS) is 1. The normalized spacial score (nSPS) is 22.2. The van der Waals surface area contributed by atoms with E-state index in [0.29, 0.717) is 0 Å². The van der Waals surface area contributed by atoms with Crippen LogP contribution in [0.2, 0.25) is 0 Å². The van der Waals surface area contributed by atoms with Crippen molar-refractivity contribution in [3.05, 3.63) is 0 Å². The number of hydrogen-bond donors (Lipinski definition) is 2. The van der Waals surface area contributed by atoms with Gasteiger partial charge in [-0.15, -0.1) is 0 Å². The van der Waals surface area contributed by atoms with Gasteiger partial charge in [0.25, 0.3) is 0 Å². The first kappa shape index (κ1) is 10.4. The second-order valence-corrected chi connectivity index (χ2v) is 2.40. The quantitative estimate of drug-likeness (QED) is 0.572. The van der Waals surface area contributed by atoms with Crippen molar-refractivity contribution in [3.63, 3.8) is 0 Å². The highest BCUT2D eigenvalue weighted by molar-refractivity contribution is 5.73. The summed E-state index contributed by atoms with van der Waals surface area (Å²) in [6.45, 7) is 0.858. The molecule has 0 aromatic heterocycles. The van der Waals surface area contributed by atoms with E-state index in [4.69, 9.17) is 5.11 Å². The third-order valence-corrected chi connectivity index (χ3v) is 1.36. The fraction of sp³-hybridized carbons (Fsp3) is 0.857. The van der Waals surface area contributed by atoms with Gasteiger partial charge >= 0.3 is 5.97 Å². The molecule has 1 rings (SSSR count). The minimum absolute atomic E-state index is 0.269. The first-order valence-corrected chi connectivity index (χ1v) is 3.58. The average Bonchev–Trinajstić information content (AvgIpc) is 2.38. The molecule has 1 aliphatic heterocycles. The monoisotopic (exact) mass is 161 g/mol. The standard InChI is InChI=1S/C5H9NO2.C2H6O/c7-5(8)4-2-1-3-6-4;1-3-2/h4,6H,1-3H2,(H,7,8);1-2H3. The maximum absolute atomic E-state index is 10.1. The highest BCUT2D eigenvalue weighted by Crippen LogP contribution is 2.03. The Balaban J connectivity index is 0.000000292. The van der Waals surface area contributed by atoms with E-state index in [0.717, 1.165) is 19.4 Å².